The number of anilines is 1. The van der Waals surface area contributed by atoms with Crippen LogP contribution in [0.5, 0.6) is 0 Å². The Kier molecular flexibility index (Phi) is 4.27. The zero-order chi connectivity index (χ0) is 14.0. The lowest BCUT2D eigenvalue weighted by Crippen LogP contribution is -2.14. The lowest BCUT2D eigenvalue weighted by Gasteiger charge is -2.10. The minimum Gasteiger partial charge on any atom is -0.277 e. The van der Waals surface area contributed by atoms with Crippen LogP contribution in [0.15, 0.2) is 56.3 Å². The first-order chi connectivity index (χ1) is 8.90. The number of hydrogen-bond acceptors (Lipinski definition) is 2. The first kappa shape index (κ1) is 14.5. The molecule has 0 unspecified atom stereocenters. The summed E-state index contributed by atoms with van der Waals surface area (Å²) in [7, 11) is -3.84. The second-order valence-electron chi connectivity index (χ2n) is 3.66. The van der Waals surface area contributed by atoms with Crippen molar-refractivity contribution in [3.63, 3.8) is 0 Å². The van der Waals surface area contributed by atoms with E-state index < -0.39 is 15.8 Å². The molecule has 100 valence electrons. The Morgan fingerprint density at radius 1 is 1.05 bits per heavy atom. The topological polar surface area (TPSA) is 46.2 Å². The maximum absolute atomic E-state index is 13.5. The Morgan fingerprint density at radius 3 is 2.37 bits per heavy atom. The molecule has 0 spiro atoms. The van der Waals surface area contributed by atoms with Gasteiger partial charge < -0.3 is 0 Å². The fourth-order valence-electron chi connectivity index (χ4n) is 1.44. The van der Waals surface area contributed by atoms with Gasteiger partial charge in [0.2, 0.25) is 0 Å². The van der Waals surface area contributed by atoms with E-state index in [1.54, 1.807) is 18.2 Å². The van der Waals surface area contributed by atoms with Crippen molar-refractivity contribution in [3.05, 3.63) is 57.2 Å². The van der Waals surface area contributed by atoms with Gasteiger partial charge in [-0.1, -0.05) is 28.1 Å². The maximum Gasteiger partial charge on any atom is 0.263 e. The number of sulfonamides is 1. The van der Waals surface area contributed by atoms with Crippen LogP contribution in [0.25, 0.3) is 0 Å². The number of para-hydroxylation sites is 1. The van der Waals surface area contributed by atoms with Crippen LogP contribution in [0.1, 0.15) is 0 Å². The standard InChI is InChI=1S/C12H8Br2FNO2S/c13-8-5-6-12(9(14)7-8)19(17,18)16-11-4-2-1-3-10(11)15/h1-7,16H. The predicted molar refractivity (Wildman–Crippen MR) is 79.1 cm³/mol. The molecule has 0 atom stereocenters. The molecule has 2 aromatic carbocycles. The van der Waals surface area contributed by atoms with Gasteiger partial charge in [-0.2, -0.15) is 0 Å². The number of nitrogens with one attached hydrogen (secondary N) is 1. The SMILES string of the molecule is O=S(=O)(Nc1ccccc1F)c1ccc(Br)cc1Br. The molecule has 0 fully saturated rings. The summed E-state index contributed by atoms with van der Waals surface area (Å²) >= 11 is 6.41. The first-order valence-electron chi connectivity index (χ1n) is 5.12. The van der Waals surface area contributed by atoms with E-state index in [1.165, 1.54) is 24.3 Å². The highest BCUT2D eigenvalue weighted by Crippen LogP contribution is 2.27. The Balaban J connectivity index is 2.41. The molecule has 0 aromatic heterocycles. The zero-order valence-electron chi connectivity index (χ0n) is 9.40. The zero-order valence-corrected chi connectivity index (χ0v) is 13.4. The normalized spacial score (nSPS) is 11.3. The third-order valence-electron chi connectivity index (χ3n) is 2.30. The summed E-state index contributed by atoms with van der Waals surface area (Å²) in [5.74, 6) is -0.626. The van der Waals surface area contributed by atoms with Crippen LogP contribution in [0.4, 0.5) is 10.1 Å². The Bertz CT molecular complexity index is 719. The van der Waals surface area contributed by atoms with Gasteiger partial charge in [0.1, 0.15) is 10.7 Å². The van der Waals surface area contributed by atoms with Crippen molar-refractivity contribution in [1.82, 2.24) is 0 Å². The summed E-state index contributed by atoms with van der Waals surface area (Å²) in [6, 6.07) is 10.2. The summed E-state index contributed by atoms with van der Waals surface area (Å²) < 4.78 is 41.1. The minimum atomic E-state index is -3.84. The lowest BCUT2D eigenvalue weighted by molar-refractivity contribution is 0.598. The van der Waals surface area contributed by atoms with Gasteiger partial charge in [0.25, 0.3) is 10.0 Å². The fourth-order valence-corrected chi connectivity index (χ4v) is 4.25. The van der Waals surface area contributed by atoms with E-state index in [4.69, 9.17) is 0 Å². The van der Waals surface area contributed by atoms with E-state index in [-0.39, 0.29) is 10.6 Å². The van der Waals surface area contributed by atoms with Crippen LogP contribution in [0.2, 0.25) is 0 Å². The van der Waals surface area contributed by atoms with Gasteiger partial charge in [-0.05, 0) is 46.3 Å². The molecule has 0 saturated heterocycles. The van der Waals surface area contributed by atoms with Crippen LogP contribution >= 0.6 is 31.9 Å². The summed E-state index contributed by atoms with van der Waals surface area (Å²) in [5, 5.41) is 0. The van der Waals surface area contributed by atoms with E-state index in [9.17, 15) is 12.8 Å². The minimum absolute atomic E-state index is 0.0407. The van der Waals surface area contributed by atoms with Crippen LogP contribution in [0.3, 0.4) is 0 Å². The van der Waals surface area contributed by atoms with Gasteiger partial charge in [0, 0.05) is 8.95 Å². The summed E-state index contributed by atoms with van der Waals surface area (Å²) in [5.41, 5.74) is -0.0858. The average Bonchev–Trinajstić information content (AvgIpc) is 2.31. The van der Waals surface area contributed by atoms with Crippen molar-refractivity contribution in [2.45, 2.75) is 4.90 Å². The number of halogens is 3. The summed E-state index contributed by atoms with van der Waals surface area (Å²) in [4.78, 5) is 0.0407. The Labute approximate surface area is 127 Å². The quantitative estimate of drug-likeness (QED) is 0.828. The highest BCUT2D eigenvalue weighted by Gasteiger charge is 2.19. The van der Waals surface area contributed by atoms with Gasteiger partial charge in [-0.25, -0.2) is 12.8 Å². The van der Waals surface area contributed by atoms with Crippen LogP contribution in [0, 0.1) is 5.82 Å². The molecule has 19 heavy (non-hydrogen) atoms. The maximum atomic E-state index is 13.5. The van der Waals surface area contributed by atoms with Gasteiger partial charge in [0.15, 0.2) is 0 Å². The van der Waals surface area contributed by atoms with Crippen molar-refractivity contribution in [1.29, 1.82) is 0 Å². The Morgan fingerprint density at radius 2 is 1.74 bits per heavy atom. The smallest absolute Gasteiger partial charge is 0.263 e. The molecule has 0 bridgehead atoms. The molecule has 0 aliphatic carbocycles. The van der Waals surface area contributed by atoms with E-state index in [1.807, 2.05) is 0 Å². The summed E-state index contributed by atoms with van der Waals surface area (Å²) in [6.07, 6.45) is 0. The van der Waals surface area contributed by atoms with Crippen molar-refractivity contribution >= 4 is 47.6 Å². The van der Waals surface area contributed by atoms with E-state index >= 15 is 0 Å². The molecule has 1 N–H and O–H groups in total. The molecule has 0 aliphatic rings. The fraction of sp³-hybridized carbons (Fsp3) is 0. The van der Waals surface area contributed by atoms with Crippen LogP contribution < -0.4 is 4.72 Å². The van der Waals surface area contributed by atoms with Gasteiger partial charge in [-0.3, -0.25) is 4.72 Å². The molecule has 3 nitrogen and oxygen atoms in total. The van der Waals surface area contributed by atoms with Gasteiger partial charge in [0.05, 0.1) is 5.69 Å². The van der Waals surface area contributed by atoms with E-state index in [2.05, 4.69) is 36.6 Å². The molecule has 0 radical (unpaired) electrons. The molecular formula is C12H8Br2FNO2S. The van der Waals surface area contributed by atoms with Crippen LogP contribution in [-0.4, -0.2) is 8.42 Å². The molecule has 0 amide bonds. The van der Waals surface area contributed by atoms with E-state index in [0.717, 1.165) is 4.47 Å². The molecule has 0 saturated carbocycles. The average molecular weight is 409 g/mol. The largest absolute Gasteiger partial charge is 0.277 e. The number of hydrogen-bond donors (Lipinski definition) is 1. The number of benzene rings is 2. The second-order valence-corrected chi connectivity index (χ2v) is 7.08. The highest BCUT2D eigenvalue weighted by atomic mass is 79.9. The van der Waals surface area contributed by atoms with Crippen molar-refractivity contribution < 1.29 is 12.8 Å². The van der Waals surface area contributed by atoms with Crippen molar-refractivity contribution in [2.75, 3.05) is 4.72 Å². The van der Waals surface area contributed by atoms with E-state index in [0.29, 0.717) is 4.47 Å². The molecular weight excluding hydrogens is 401 g/mol. The molecule has 2 aromatic rings. The van der Waals surface area contributed by atoms with Gasteiger partial charge >= 0.3 is 0 Å². The third-order valence-corrected chi connectivity index (χ3v) is 5.14. The first-order valence-corrected chi connectivity index (χ1v) is 8.19. The second kappa shape index (κ2) is 5.60. The number of rotatable bonds is 3. The third kappa shape index (κ3) is 3.34. The lowest BCUT2D eigenvalue weighted by atomic mass is 10.3. The van der Waals surface area contributed by atoms with Gasteiger partial charge in [-0.15, -0.1) is 0 Å². The highest BCUT2D eigenvalue weighted by molar-refractivity contribution is 9.11. The molecule has 0 aliphatic heterocycles. The van der Waals surface area contributed by atoms with Crippen molar-refractivity contribution in [2.24, 2.45) is 0 Å². The summed E-state index contributed by atoms with van der Waals surface area (Å²) in [6.45, 7) is 0. The Hall–Kier alpha value is -0.920. The monoisotopic (exact) mass is 407 g/mol. The molecule has 0 heterocycles. The molecule has 2 rings (SSSR count). The predicted octanol–water partition coefficient (Wildman–Crippen LogP) is 4.15. The molecule has 7 heteroatoms. The van der Waals surface area contributed by atoms with Crippen LogP contribution in [-0.2, 0) is 10.0 Å². The van der Waals surface area contributed by atoms with Crippen molar-refractivity contribution in [3.8, 4) is 0 Å².